The summed E-state index contributed by atoms with van der Waals surface area (Å²) in [6.07, 6.45) is 5.54. The van der Waals surface area contributed by atoms with Crippen LogP contribution in [0.2, 0.25) is 0 Å². The fourth-order valence-electron chi connectivity index (χ4n) is 2.76. The van der Waals surface area contributed by atoms with Crippen LogP contribution in [0.3, 0.4) is 0 Å². The lowest BCUT2D eigenvalue weighted by molar-refractivity contribution is 0.314. The predicted molar refractivity (Wildman–Crippen MR) is 80.9 cm³/mol. The molecule has 0 aromatic heterocycles. The van der Waals surface area contributed by atoms with Gasteiger partial charge in [-0.2, -0.15) is 0 Å². The van der Waals surface area contributed by atoms with Gasteiger partial charge in [0.15, 0.2) is 0 Å². The van der Waals surface area contributed by atoms with Gasteiger partial charge in [-0.25, -0.2) is 0 Å². The number of nitrogens with one attached hydrogen (secondary N) is 1. The van der Waals surface area contributed by atoms with Crippen LogP contribution < -0.4 is 5.32 Å². The second-order valence-corrected chi connectivity index (χ2v) is 6.73. The van der Waals surface area contributed by atoms with E-state index in [1.54, 1.807) is 0 Å². The molecule has 0 aromatic carbocycles. The number of nitrogens with zero attached hydrogens (tertiary/aromatic N) is 1. The minimum absolute atomic E-state index is 0.782. The first-order chi connectivity index (χ1) is 8.59. The van der Waals surface area contributed by atoms with Crippen LogP contribution in [0, 0.1) is 17.8 Å². The van der Waals surface area contributed by atoms with Crippen LogP contribution in [0.15, 0.2) is 0 Å². The second kappa shape index (κ2) is 8.92. The summed E-state index contributed by atoms with van der Waals surface area (Å²) in [4.78, 5) is 2.66. The molecule has 0 spiro atoms. The smallest absolute Gasteiger partial charge is 0.00102 e. The predicted octanol–water partition coefficient (Wildman–Crippen LogP) is 3.38. The summed E-state index contributed by atoms with van der Waals surface area (Å²) >= 11 is 0. The maximum atomic E-state index is 3.52. The van der Waals surface area contributed by atoms with E-state index in [-0.39, 0.29) is 0 Å². The van der Waals surface area contributed by atoms with Gasteiger partial charge in [0.1, 0.15) is 0 Å². The molecule has 0 aromatic rings. The Morgan fingerprint density at radius 3 is 2.22 bits per heavy atom. The Morgan fingerprint density at radius 1 is 1.00 bits per heavy atom. The van der Waals surface area contributed by atoms with Gasteiger partial charge in [-0.15, -0.1) is 0 Å². The SMILES string of the molecule is CC(C)CNCCCCCCN1CC(C)C(C)C1. The molecular weight excluding hydrogens is 220 g/mol. The number of likely N-dealkylation sites (tertiary alicyclic amines) is 1. The third kappa shape index (κ3) is 6.75. The van der Waals surface area contributed by atoms with Crippen molar-refractivity contribution in [2.75, 3.05) is 32.7 Å². The fraction of sp³-hybridized carbons (Fsp3) is 1.00. The van der Waals surface area contributed by atoms with Gasteiger partial charge in [-0.3, -0.25) is 0 Å². The normalized spacial score (nSPS) is 25.2. The summed E-state index contributed by atoms with van der Waals surface area (Å²) < 4.78 is 0. The van der Waals surface area contributed by atoms with Crippen molar-refractivity contribution in [3.05, 3.63) is 0 Å². The van der Waals surface area contributed by atoms with Crippen molar-refractivity contribution in [2.24, 2.45) is 17.8 Å². The van der Waals surface area contributed by atoms with E-state index < -0.39 is 0 Å². The average molecular weight is 254 g/mol. The summed E-state index contributed by atoms with van der Waals surface area (Å²) in [5.74, 6) is 2.60. The van der Waals surface area contributed by atoms with Crippen molar-refractivity contribution in [1.29, 1.82) is 0 Å². The Hall–Kier alpha value is -0.0800. The summed E-state index contributed by atoms with van der Waals surface area (Å²) in [6, 6.07) is 0. The van der Waals surface area contributed by atoms with E-state index in [0.29, 0.717) is 0 Å². The maximum absolute atomic E-state index is 3.52. The summed E-state index contributed by atoms with van der Waals surface area (Å²) in [5, 5.41) is 3.52. The van der Waals surface area contributed by atoms with E-state index in [1.165, 1.54) is 58.4 Å². The van der Waals surface area contributed by atoms with Crippen LogP contribution >= 0.6 is 0 Å². The molecule has 0 aliphatic carbocycles. The highest BCUT2D eigenvalue weighted by atomic mass is 15.1. The first kappa shape index (κ1) is 16.0. The lowest BCUT2D eigenvalue weighted by atomic mass is 10.0. The van der Waals surface area contributed by atoms with E-state index >= 15 is 0 Å². The highest BCUT2D eigenvalue weighted by molar-refractivity contribution is 4.78. The minimum Gasteiger partial charge on any atom is -0.316 e. The van der Waals surface area contributed by atoms with Gasteiger partial charge in [-0.1, -0.05) is 40.5 Å². The van der Waals surface area contributed by atoms with Crippen molar-refractivity contribution < 1.29 is 0 Å². The zero-order chi connectivity index (χ0) is 13.4. The van der Waals surface area contributed by atoms with Crippen LogP contribution in [0.1, 0.15) is 53.4 Å². The van der Waals surface area contributed by atoms with Crippen LogP contribution in [0.5, 0.6) is 0 Å². The van der Waals surface area contributed by atoms with E-state index in [4.69, 9.17) is 0 Å². The van der Waals surface area contributed by atoms with Crippen molar-refractivity contribution in [1.82, 2.24) is 10.2 Å². The Labute approximate surface area is 115 Å². The maximum Gasteiger partial charge on any atom is 0.00102 e. The molecule has 1 rings (SSSR count). The Kier molecular flexibility index (Phi) is 7.92. The Morgan fingerprint density at radius 2 is 1.61 bits per heavy atom. The molecule has 1 heterocycles. The van der Waals surface area contributed by atoms with Gasteiger partial charge in [0.05, 0.1) is 0 Å². The van der Waals surface area contributed by atoms with Crippen molar-refractivity contribution in [3.8, 4) is 0 Å². The lowest BCUT2D eigenvalue weighted by Gasteiger charge is -2.15. The molecule has 1 aliphatic rings. The van der Waals surface area contributed by atoms with Crippen LogP contribution in [-0.4, -0.2) is 37.6 Å². The largest absolute Gasteiger partial charge is 0.316 e. The molecule has 2 heteroatoms. The van der Waals surface area contributed by atoms with Crippen LogP contribution in [0.25, 0.3) is 0 Å². The van der Waals surface area contributed by atoms with Crippen molar-refractivity contribution in [3.63, 3.8) is 0 Å². The van der Waals surface area contributed by atoms with Gasteiger partial charge < -0.3 is 10.2 Å². The van der Waals surface area contributed by atoms with Gasteiger partial charge in [0.2, 0.25) is 0 Å². The molecule has 2 unspecified atom stereocenters. The molecule has 108 valence electrons. The highest BCUT2D eigenvalue weighted by Gasteiger charge is 2.24. The summed E-state index contributed by atoms with van der Waals surface area (Å²) in [5.41, 5.74) is 0. The summed E-state index contributed by atoms with van der Waals surface area (Å²) in [7, 11) is 0. The molecular formula is C16H34N2. The molecule has 2 atom stereocenters. The third-order valence-electron chi connectivity index (χ3n) is 4.19. The molecule has 1 aliphatic heterocycles. The average Bonchev–Trinajstić information content (AvgIpc) is 2.62. The molecule has 0 saturated carbocycles. The molecule has 0 bridgehead atoms. The van der Waals surface area contributed by atoms with Gasteiger partial charge in [0.25, 0.3) is 0 Å². The molecule has 0 radical (unpaired) electrons. The molecule has 1 fully saturated rings. The molecule has 1 N–H and O–H groups in total. The molecule has 1 saturated heterocycles. The number of rotatable bonds is 9. The van der Waals surface area contributed by atoms with E-state index in [2.05, 4.69) is 37.9 Å². The molecule has 18 heavy (non-hydrogen) atoms. The van der Waals surface area contributed by atoms with Crippen molar-refractivity contribution in [2.45, 2.75) is 53.4 Å². The zero-order valence-electron chi connectivity index (χ0n) is 13.0. The molecule has 0 amide bonds. The Balaban J connectivity index is 1.84. The molecule has 2 nitrogen and oxygen atoms in total. The fourth-order valence-corrected chi connectivity index (χ4v) is 2.76. The Bertz CT molecular complexity index is 193. The second-order valence-electron chi connectivity index (χ2n) is 6.73. The quantitative estimate of drug-likeness (QED) is 0.635. The van der Waals surface area contributed by atoms with E-state index in [1.807, 2.05) is 0 Å². The lowest BCUT2D eigenvalue weighted by Crippen LogP contribution is -2.22. The number of unbranched alkanes of at least 4 members (excludes halogenated alkanes) is 3. The standard InChI is InChI=1S/C16H34N2/c1-14(2)11-17-9-7-5-6-8-10-18-12-15(3)16(4)13-18/h14-17H,5-13H2,1-4H3. The topological polar surface area (TPSA) is 15.3 Å². The van der Waals surface area contributed by atoms with E-state index in [0.717, 1.165) is 17.8 Å². The van der Waals surface area contributed by atoms with Crippen LogP contribution in [0.4, 0.5) is 0 Å². The first-order valence-corrected chi connectivity index (χ1v) is 8.02. The first-order valence-electron chi connectivity index (χ1n) is 8.02. The van der Waals surface area contributed by atoms with E-state index in [9.17, 15) is 0 Å². The van der Waals surface area contributed by atoms with Gasteiger partial charge >= 0.3 is 0 Å². The van der Waals surface area contributed by atoms with Gasteiger partial charge in [-0.05, 0) is 50.2 Å². The monoisotopic (exact) mass is 254 g/mol. The highest BCUT2D eigenvalue weighted by Crippen LogP contribution is 2.22. The van der Waals surface area contributed by atoms with Crippen LogP contribution in [-0.2, 0) is 0 Å². The zero-order valence-corrected chi connectivity index (χ0v) is 13.0. The van der Waals surface area contributed by atoms with Gasteiger partial charge in [0, 0.05) is 13.1 Å². The van der Waals surface area contributed by atoms with Crippen molar-refractivity contribution >= 4 is 0 Å². The number of hydrogen-bond donors (Lipinski definition) is 1. The third-order valence-corrected chi connectivity index (χ3v) is 4.19. The number of hydrogen-bond acceptors (Lipinski definition) is 2. The minimum atomic E-state index is 0.782. The summed E-state index contributed by atoms with van der Waals surface area (Å²) in [6.45, 7) is 15.7.